The van der Waals surface area contributed by atoms with Crippen molar-refractivity contribution in [2.45, 2.75) is 19.8 Å². The number of likely N-dealkylation sites (N-methyl/N-ethyl adjacent to an activating group) is 1. The van der Waals surface area contributed by atoms with Crippen LogP contribution in [0.4, 0.5) is 5.69 Å². The summed E-state index contributed by atoms with van der Waals surface area (Å²) in [5, 5.41) is 11.3. The van der Waals surface area contributed by atoms with E-state index in [1.807, 2.05) is 0 Å². The van der Waals surface area contributed by atoms with Gasteiger partial charge in [-0.25, -0.2) is 8.42 Å². The van der Waals surface area contributed by atoms with Gasteiger partial charge in [-0.1, -0.05) is 12.1 Å². The molecule has 0 saturated heterocycles. The molecule has 1 aromatic rings. The molecule has 0 unspecified atom stereocenters. The minimum absolute atomic E-state index is 0.00881. The molecule has 0 spiro atoms. The van der Waals surface area contributed by atoms with Crippen LogP contribution < -0.4 is 5.32 Å². The molecule has 122 valence electrons. The third kappa shape index (κ3) is 5.82. The van der Waals surface area contributed by atoms with Gasteiger partial charge in [-0.2, -0.15) is 4.31 Å². The normalized spacial score (nSPS) is 11.4. The van der Waals surface area contributed by atoms with E-state index in [9.17, 15) is 18.0 Å². The zero-order valence-electron chi connectivity index (χ0n) is 12.6. The fourth-order valence-corrected chi connectivity index (χ4v) is 2.53. The Kier molecular flexibility index (Phi) is 6.51. The average molecular weight is 328 g/mol. The molecule has 2 N–H and O–H groups in total. The maximum Gasteiger partial charge on any atom is 0.303 e. The lowest BCUT2D eigenvalue weighted by molar-refractivity contribution is -0.137. The predicted octanol–water partition coefficient (Wildman–Crippen LogP) is 0.924. The third-order valence-corrected chi connectivity index (χ3v) is 4.85. The van der Waals surface area contributed by atoms with Crippen molar-refractivity contribution in [2.24, 2.45) is 0 Å². The van der Waals surface area contributed by atoms with Gasteiger partial charge in [-0.3, -0.25) is 9.59 Å². The van der Waals surface area contributed by atoms with Gasteiger partial charge in [0.15, 0.2) is 0 Å². The number of carboxylic acids is 1. The first-order valence-corrected chi connectivity index (χ1v) is 8.40. The lowest BCUT2D eigenvalue weighted by Gasteiger charge is -2.15. The van der Waals surface area contributed by atoms with Crippen LogP contribution in [-0.2, 0) is 26.0 Å². The Morgan fingerprint density at radius 3 is 2.59 bits per heavy atom. The number of sulfonamides is 1. The Morgan fingerprint density at radius 1 is 1.32 bits per heavy atom. The van der Waals surface area contributed by atoms with E-state index in [-0.39, 0.29) is 18.7 Å². The number of carboxylic acid groups (broad SMARTS) is 1. The summed E-state index contributed by atoms with van der Waals surface area (Å²) in [4.78, 5) is 22.4. The topological polar surface area (TPSA) is 104 Å². The fraction of sp³-hybridized carbons (Fsp3) is 0.429. The minimum atomic E-state index is -3.40. The van der Waals surface area contributed by atoms with Crippen LogP contribution in [0.25, 0.3) is 0 Å². The number of rotatable bonds is 8. The number of amides is 1. The highest BCUT2D eigenvalue weighted by Gasteiger charge is 2.18. The van der Waals surface area contributed by atoms with Crippen LogP contribution >= 0.6 is 0 Å². The Morgan fingerprint density at radius 2 is 2.00 bits per heavy atom. The molecular formula is C14H20N2O5S. The van der Waals surface area contributed by atoms with Gasteiger partial charge in [0.25, 0.3) is 0 Å². The summed E-state index contributed by atoms with van der Waals surface area (Å²) in [6.07, 6.45) is 0.373. The van der Waals surface area contributed by atoms with Crippen molar-refractivity contribution in [2.75, 3.05) is 24.7 Å². The molecule has 0 bridgehead atoms. The number of nitrogens with zero attached hydrogens (tertiary/aromatic N) is 1. The second-order valence-electron chi connectivity index (χ2n) is 4.80. The summed E-state index contributed by atoms with van der Waals surface area (Å²) >= 11 is 0. The van der Waals surface area contributed by atoms with Gasteiger partial charge < -0.3 is 10.4 Å². The second-order valence-corrected chi connectivity index (χ2v) is 7.16. The van der Waals surface area contributed by atoms with Gasteiger partial charge in [0.1, 0.15) is 0 Å². The molecule has 8 heteroatoms. The van der Waals surface area contributed by atoms with Crippen molar-refractivity contribution in [3.05, 3.63) is 29.8 Å². The van der Waals surface area contributed by atoms with Gasteiger partial charge >= 0.3 is 5.97 Å². The largest absolute Gasteiger partial charge is 0.481 e. The van der Waals surface area contributed by atoms with Crippen molar-refractivity contribution < 1.29 is 23.1 Å². The van der Waals surface area contributed by atoms with Crippen molar-refractivity contribution in [1.29, 1.82) is 0 Å². The first-order chi connectivity index (χ1) is 10.2. The van der Waals surface area contributed by atoms with Crippen LogP contribution in [0.15, 0.2) is 24.3 Å². The molecule has 22 heavy (non-hydrogen) atoms. The lowest BCUT2D eigenvalue weighted by Crippen LogP contribution is -2.35. The van der Waals surface area contributed by atoms with Crippen LogP contribution in [0, 0.1) is 0 Å². The quantitative estimate of drug-likeness (QED) is 0.738. The third-order valence-electron chi connectivity index (χ3n) is 3.04. The summed E-state index contributed by atoms with van der Waals surface area (Å²) in [5.74, 6) is -1.41. The van der Waals surface area contributed by atoms with Gasteiger partial charge in [0.05, 0.1) is 12.3 Å². The van der Waals surface area contributed by atoms with Crippen LogP contribution in [0.5, 0.6) is 0 Å². The van der Waals surface area contributed by atoms with E-state index >= 15 is 0 Å². The van der Waals surface area contributed by atoms with E-state index in [0.717, 1.165) is 9.87 Å². The zero-order chi connectivity index (χ0) is 16.8. The number of carbonyl (C=O) groups excluding carboxylic acids is 1. The van der Waals surface area contributed by atoms with E-state index in [1.165, 1.54) is 14.0 Å². The second kappa shape index (κ2) is 7.90. The molecule has 1 amide bonds. The van der Waals surface area contributed by atoms with E-state index in [0.29, 0.717) is 12.1 Å². The highest BCUT2D eigenvalue weighted by atomic mass is 32.2. The molecule has 0 aliphatic rings. The molecule has 1 rings (SSSR count). The monoisotopic (exact) mass is 328 g/mol. The fourth-order valence-electron chi connectivity index (χ4n) is 1.78. The van der Waals surface area contributed by atoms with E-state index in [4.69, 9.17) is 5.11 Å². The van der Waals surface area contributed by atoms with Crippen LogP contribution in [0.2, 0.25) is 0 Å². The molecule has 0 saturated carbocycles. The molecule has 1 aromatic carbocycles. The number of hydrogen-bond donors (Lipinski definition) is 2. The molecule has 0 radical (unpaired) electrons. The van der Waals surface area contributed by atoms with Gasteiger partial charge in [-0.05, 0) is 31.0 Å². The lowest BCUT2D eigenvalue weighted by atomic mass is 10.1. The molecule has 7 nitrogen and oxygen atoms in total. The molecule has 0 atom stereocenters. The summed E-state index contributed by atoms with van der Waals surface area (Å²) in [6, 6.07) is 6.82. The SMILES string of the molecule is CCS(=O)(=O)N(C)CC(=O)Nc1cccc(CCC(=O)O)c1. The predicted molar refractivity (Wildman–Crippen MR) is 83.1 cm³/mol. The van der Waals surface area contributed by atoms with E-state index in [1.54, 1.807) is 24.3 Å². The molecule has 0 aliphatic heterocycles. The standard InChI is InChI=1S/C14H20N2O5S/c1-3-22(20,21)16(2)10-13(17)15-12-6-4-5-11(9-12)7-8-14(18)19/h4-6,9H,3,7-8,10H2,1-2H3,(H,15,17)(H,18,19). The minimum Gasteiger partial charge on any atom is -0.481 e. The molecular weight excluding hydrogens is 308 g/mol. The number of nitrogens with one attached hydrogen (secondary N) is 1. The molecule has 0 fully saturated rings. The summed E-state index contributed by atoms with van der Waals surface area (Å²) in [7, 11) is -2.06. The smallest absolute Gasteiger partial charge is 0.303 e. The van der Waals surface area contributed by atoms with Gasteiger partial charge in [0, 0.05) is 19.2 Å². The van der Waals surface area contributed by atoms with Gasteiger partial charge in [0.2, 0.25) is 15.9 Å². The number of benzene rings is 1. The Bertz CT molecular complexity index is 642. The van der Waals surface area contributed by atoms with Crippen LogP contribution in [0.1, 0.15) is 18.9 Å². The van der Waals surface area contributed by atoms with Crippen molar-refractivity contribution >= 4 is 27.6 Å². The average Bonchev–Trinajstić information content (AvgIpc) is 2.45. The Hall–Kier alpha value is -1.93. The molecule has 0 aliphatic carbocycles. The zero-order valence-corrected chi connectivity index (χ0v) is 13.4. The van der Waals surface area contributed by atoms with Crippen LogP contribution in [0.3, 0.4) is 0 Å². The summed E-state index contributed by atoms with van der Waals surface area (Å²) in [5.41, 5.74) is 1.30. The number of aliphatic carboxylic acids is 1. The molecule has 0 heterocycles. The van der Waals surface area contributed by atoms with Crippen molar-refractivity contribution in [3.63, 3.8) is 0 Å². The van der Waals surface area contributed by atoms with Crippen molar-refractivity contribution in [3.8, 4) is 0 Å². The van der Waals surface area contributed by atoms with Gasteiger partial charge in [-0.15, -0.1) is 0 Å². The number of aryl methyl sites for hydroxylation is 1. The Labute approximate surface area is 130 Å². The van der Waals surface area contributed by atoms with Crippen LogP contribution in [-0.4, -0.2) is 49.1 Å². The first kappa shape index (κ1) is 18.1. The summed E-state index contributed by atoms with van der Waals surface area (Å²) in [6.45, 7) is 1.24. The highest BCUT2D eigenvalue weighted by molar-refractivity contribution is 7.89. The van der Waals surface area contributed by atoms with E-state index in [2.05, 4.69) is 5.32 Å². The highest BCUT2D eigenvalue weighted by Crippen LogP contribution is 2.12. The number of carbonyl (C=O) groups is 2. The number of hydrogen-bond acceptors (Lipinski definition) is 4. The summed E-state index contributed by atoms with van der Waals surface area (Å²) < 4.78 is 24.2. The first-order valence-electron chi connectivity index (χ1n) is 6.79. The van der Waals surface area contributed by atoms with Crippen molar-refractivity contribution in [1.82, 2.24) is 4.31 Å². The van der Waals surface area contributed by atoms with E-state index < -0.39 is 21.9 Å². The Balaban J connectivity index is 2.65. The maximum absolute atomic E-state index is 11.9. The number of anilines is 1. The molecule has 0 aromatic heterocycles. The maximum atomic E-state index is 11.9.